The summed E-state index contributed by atoms with van der Waals surface area (Å²) >= 11 is 5.92. The van der Waals surface area contributed by atoms with E-state index in [4.69, 9.17) is 17.3 Å². The third-order valence-corrected chi connectivity index (χ3v) is 3.19. The molecule has 2 nitrogen and oxygen atoms in total. The largest absolute Gasteiger partial charge is 0.398 e. The second-order valence-electron chi connectivity index (χ2n) is 4.12. The first-order valence-electron chi connectivity index (χ1n) is 5.46. The normalized spacial score (nSPS) is 10.5. The number of carbonyl (C=O) groups excluding carboxylic acids is 1. The standard InChI is InChI=1S/C14H10ClF2NO/c1-7-5-9(11(17)6-10(7)16)14(19)8-3-2-4-12(18)13(8)15/h2-6H,18H2,1H3. The number of hydrogen-bond acceptors (Lipinski definition) is 2. The van der Waals surface area contributed by atoms with Gasteiger partial charge in [0.05, 0.1) is 16.3 Å². The Balaban J connectivity index is 2.56. The fraction of sp³-hybridized carbons (Fsp3) is 0.0714. The molecule has 0 saturated carbocycles. The van der Waals surface area contributed by atoms with E-state index in [0.29, 0.717) is 6.07 Å². The summed E-state index contributed by atoms with van der Waals surface area (Å²) in [7, 11) is 0. The van der Waals surface area contributed by atoms with Crippen LogP contribution >= 0.6 is 11.6 Å². The highest BCUT2D eigenvalue weighted by Gasteiger charge is 2.19. The molecule has 5 heteroatoms. The van der Waals surface area contributed by atoms with E-state index >= 15 is 0 Å². The van der Waals surface area contributed by atoms with Gasteiger partial charge in [-0.3, -0.25) is 4.79 Å². The molecule has 0 aromatic heterocycles. The van der Waals surface area contributed by atoms with E-state index in [1.54, 1.807) is 6.07 Å². The molecule has 0 aliphatic rings. The fourth-order valence-corrected chi connectivity index (χ4v) is 1.91. The number of aryl methyl sites for hydroxylation is 1. The Kier molecular flexibility index (Phi) is 3.53. The molecule has 0 spiro atoms. The first-order valence-corrected chi connectivity index (χ1v) is 5.84. The first-order chi connectivity index (χ1) is 8.91. The van der Waals surface area contributed by atoms with Crippen LogP contribution in [0.3, 0.4) is 0 Å². The van der Waals surface area contributed by atoms with Gasteiger partial charge in [-0.25, -0.2) is 8.78 Å². The molecule has 0 aliphatic heterocycles. The van der Waals surface area contributed by atoms with Gasteiger partial charge in [-0.2, -0.15) is 0 Å². The van der Waals surface area contributed by atoms with Crippen LogP contribution in [-0.4, -0.2) is 5.78 Å². The van der Waals surface area contributed by atoms with Crippen LogP contribution in [0.25, 0.3) is 0 Å². The molecule has 0 bridgehead atoms. The van der Waals surface area contributed by atoms with E-state index in [1.807, 2.05) is 0 Å². The van der Waals surface area contributed by atoms with Crippen LogP contribution in [0.4, 0.5) is 14.5 Å². The molecular weight excluding hydrogens is 272 g/mol. The second kappa shape index (κ2) is 4.97. The van der Waals surface area contributed by atoms with E-state index in [0.717, 1.165) is 6.07 Å². The Morgan fingerprint density at radius 3 is 2.53 bits per heavy atom. The number of anilines is 1. The molecule has 2 rings (SSSR count). The number of hydrogen-bond donors (Lipinski definition) is 1. The zero-order valence-corrected chi connectivity index (χ0v) is 10.8. The number of benzene rings is 2. The average molecular weight is 282 g/mol. The van der Waals surface area contributed by atoms with Gasteiger partial charge in [0, 0.05) is 11.6 Å². The van der Waals surface area contributed by atoms with Crippen molar-refractivity contribution in [3.63, 3.8) is 0 Å². The van der Waals surface area contributed by atoms with Crippen LogP contribution in [0.5, 0.6) is 0 Å². The van der Waals surface area contributed by atoms with Crippen LogP contribution in [0.15, 0.2) is 30.3 Å². The molecule has 0 radical (unpaired) electrons. The van der Waals surface area contributed by atoms with Gasteiger partial charge in [0.15, 0.2) is 5.78 Å². The SMILES string of the molecule is Cc1cc(C(=O)c2cccc(N)c2Cl)c(F)cc1F. The Morgan fingerprint density at radius 2 is 1.84 bits per heavy atom. The van der Waals surface area contributed by atoms with Crippen LogP contribution in [-0.2, 0) is 0 Å². The Hall–Kier alpha value is -1.94. The summed E-state index contributed by atoms with van der Waals surface area (Å²) in [6, 6.07) is 6.36. The Bertz CT molecular complexity index is 671. The maximum absolute atomic E-state index is 13.7. The summed E-state index contributed by atoms with van der Waals surface area (Å²) in [4.78, 5) is 12.2. The monoisotopic (exact) mass is 281 g/mol. The molecule has 19 heavy (non-hydrogen) atoms. The molecule has 0 atom stereocenters. The Morgan fingerprint density at radius 1 is 1.16 bits per heavy atom. The number of carbonyl (C=O) groups is 1. The molecular formula is C14H10ClF2NO. The van der Waals surface area contributed by atoms with Gasteiger partial charge in [0.25, 0.3) is 0 Å². The van der Waals surface area contributed by atoms with Crippen LogP contribution in [0, 0.1) is 18.6 Å². The first kappa shape index (κ1) is 13.5. The van der Waals surface area contributed by atoms with E-state index in [2.05, 4.69) is 0 Å². The molecule has 0 aliphatic carbocycles. The van der Waals surface area contributed by atoms with Crippen LogP contribution in [0.2, 0.25) is 5.02 Å². The smallest absolute Gasteiger partial charge is 0.197 e. The lowest BCUT2D eigenvalue weighted by molar-refractivity contribution is 0.103. The number of nitrogen functional groups attached to an aromatic ring is 1. The van der Waals surface area contributed by atoms with Gasteiger partial charge >= 0.3 is 0 Å². The zero-order valence-electron chi connectivity index (χ0n) is 10.0. The molecule has 0 amide bonds. The van der Waals surface area contributed by atoms with Crippen molar-refractivity contribution in [2.45, 2.75) is 6.92 Å². The fourth-order valence-electron chi connectivity index (χ4n) is 1.70. The lowest BCUT2D eigenvalue weighted by Gasteiger charge is -2.08. The predicted octanol–water partition coefficient (Wildman–Crippen LogP) is 3.74. The summed E-state index contributed by atoms with van der Waals surface area (Å²) in [6.45, 7) is 1.45. The number of rotatable bonds is 2. The molecule has 0 saturated heterocycles. The zero-order chi connectivity index (χ0) is 14.2. The Labute approximate surface area is 113 Å². The molecule has 0 fully saturated rings. The summed E-state index contributed by atoms with van der Waals surface area (Å²) in [6.07, 6.45) is 0. The second-order valence-corrected chi connectivity index (χ2v) is 4.50. The van der Waals surface area contributed by atoms with Crippen molar-refractivity contribution in [1.29, 1.82) is 0 Å². The van der Waals surface area contributed by atoms with Gasteiger partial charge in [0.2, 0.25) is 0 Å². The lowest BCUT2D eigenvalue weighted by Crippen LogP contribution is -2.07. The molecule has 2 aromatic rings. The molecule has 98 valence electrons. The minimum absolute atomic E-state index is 0.0638. The highest BCUT2D eigenvalue weighted by molar-refractivity contribution is 6.37. The van der Waals surface area contributed by atoms with Crippen molar-refractivity contribution in [3.05, 3.63) is 63.7 Å². The average Bonchev–Trinajstić information content (AvgIpc) is 2.36. The van der Waals surface area contributed by atoms with Gasteiger partial charge in [-0.1, -0.05) is 17.7 Å². The topological polar surface area (TPSA) is 43.1 Å². The van der Waals surface area contributed by atoms with Crippen LogP contribution in [0.1, 0.15) is 21.5 Å². The number of ketones is 1. The van der Waals surface area contributed by atoms with E-state index in [9.17, 15) is 13.6 Å². The predicted molar refractivity (Wildman–Crippen MR) is 70.4 cm³/mol. The molecule has 0 heterocycles. The van der Waals surface area contributed by atoms with Gasteiger partial charge in [-0.05, 0) is 30.7 Å². The van der Waals surface area contributed by atoms with E-state index in [1.165, 1.54) is 19.1 Å². The van der Waals surface area contributed by atoms with Crippen molar-refractivity contribution in [1.82, 2.24) is 0 Å². The lowest BCUT2D eigenvalue weighted by atomic mass is 10.0. The minimum Gasteiger partial charge on any atom is -0.398 e. The van der Waals surface area contributed by atoms with Gasteiger partial charge in [0.1, 0.15) is 11.6 Å². The van der Waals surface area contributed by atoms with Crippen molar-refractivity contribution >= 4 is 23.1 Å². The summed E-state index contributed by atoms with van der Waals surface area (Å²) in [5.41, 5.74) is 5.86. The van der Waals surface area contributed by atoms with Gasteiger partial charge in [-0.15, -0.1) is 0 Å². The molecule has 0 unspecified atom stereocenters. The van der Waals surface area contributed by atoms with E-state index < -0.39 is 17.4 Å². The van der Waals surface area contributed by atoms with Crippen molar-refractivity contribution in [3.8, 4) is 0 Å². The minimum atomic E-state index is -0.924. The summed E-state index contributed by atoms with van der Waals surface area (Å²) < 4.78 is 26.8. The summed E-state index contributed by atoms with van der Waals surface area (Å²) in [5, 5.41) is 0.0638. The number of halogens is 3. The van der Waals surface area contributed by atoms with Crippen LogP contribution < -0.4 is 5.73 Å². The highest BCUT2D eigenvalue weighted by atomic mass is 35.5. The van der Waals surface area contributed by atoms with E-state index in [-0.39, 0.29) is 27.4 Å². The van der Waals surface area contributed by atoms with Crippen molar-refractivity contribution < 1.29 is 13.6 Å². The highest BCUT2D eigenvalue weighted by Crippen LogP contribution is 2.26. The quantitative estimate of drug-likeness (QED) is 0.673. The van der Waals surface area contributed by atoms with Crippen molar-refractivity contribution in [2.75, 3.05) is 5.73 Å². The van der Waals surface area contributed by atoms with Crippen molar-refractivity contribution in [2.24, 2.45) is 0 Å². The molecule has 2 aromatic carbocycles. The number of nitrogens with two attached hydrogens (primary N) is 1. The van der Waals surface area contributed by atoms with Gasteiger partial charge < -0.3 is 5.73 Å². The summed E-state index contributed by atoms with van der Waals surface area (Å²) in [5.74, 6) is -2.25. The third kappa shape index (κ3) is 2.44. The molecule has 2 N–H and O–H groups in total. The third-order valence-electron chi connectivity index (χ3n) is 2.77. The maximum atomic E-state index is 13.7. The maximum Gasteiger partial charge on any atom is 0.197 e.